The van der Waals surface area contributed by atoms with Gasteiger partial charge < -0.3 is 10.3 Å². The van der Waals surface area contributed by atoms with Gasteiger partial charge in [0.1, 0.15) is 5.82 Å². The Kier molecular flexibility index (Phi) is 4.81. The second kappa shape index (κ2) is 6.99. The molecule has 2 aromatic heterocycles. The number of hydrogen-bond donors (Lipinski definition) is 1. The minimum absolute atomic E-state index is 0.569. The molecule has 0 atom stereocenters. The maximum absolute atomic E-state index is 5.61. The molecular formula is C14H16N6S2. The lowest BCUT2D eigenvalue weighted by Crippen LogP contribution is -2.09. The third kappa shape index (κ3) is 3.18. The Balaban J connectivity index is 1.81. The van der Waals surface area contributed by atoms with Gasteiger partial charge in [-0.15, -0.1) is 10.2 Å². The first-order valence-corrected chi connectivity index (χ1v) is 8.60. The van der Waals surface area contributed by atoms with Crippen LogP contribution in [0.25, 0.3) is 11.4 Å². The highest BCUT2D eigenvalue weighted by Gasteiger charge is 2.14. The summed E-state index contributed by atoms with van der Waals surface area (Å²) >= 11 is 2.87. The molecule has 0 bridgehead atoms. The van der Waals surface area contributed by atoms with E-state index < -0.39 is 0 Å². The highest BCUT2D eigenvalue weighted by Crippen LogP contribution is 2.30. The maximum Gasteiger partial charge on any atom is 0.198 e. The van der Waals surface area contributed by atoms with Crippen LogP contribution in [-0.2, 0) is 13.0 Å². The van der Waals surface area contributed by atoms with Crippen molar-refractivity contribution in [3.05, 3.63) is 36.2 Å². The van der Waals surface area contributed by atoms with E-state index >= 15 is 0 Å². The van der Waals surface area contributed by atoms with E-state index in [9.17, 15) is 0 Å². The molecule has 2 N–H and O–H groups in total. The fraction of sp³-hybridized carbons (Fsp3) is 0.286. The van der Waals surface area contributed by atoms with Gasteiger partial charge in [0, 0.05) is 18.5 Å². The summed E-state index contributed by atoms with van der Waals surface area (Å²) in [6.45, 7) is 3.46. The molecule has 2 heterocycles. The number of nitrogens with two attached hydrogens (primary N) is 1. The third-order valence-corrected chi connectivity index (χ3v) is 4.83. The van der Waals surface area contributed by atoms with Crippen molar-refractivity contribution in [2.24, 2.45) is 5.73 Å². The zero-order valence-electron chi connectivity index (χ0n) is 12.1. The van der Waals surface area contributed by atoms with Crippen molar-refractivity contribution in [2.45, 2.75) is 29.4 Å². The summed E-state index contributed by atoms with van der Waals surface area (Å²) in [5.41, 5.74) is 6.63. The molecule has 0 spiro atoms. The summed E-state index contributed by atoms with van der Waals surface area (Å²) < 4.78 is 7.35. The Morgan fingerprint density at radius 1 is 1.23 bits per heavy atom. The standard InChI is InChI=1S/C14H16N6S2/c1-2-20-11(8-9-15)17-18-13(20)21-14-16-12(19-22-14)10-6-4-3-5-7-10/h3-7H,2,8-9,15H2,1H3. The van der Waals surface area contributed by atoms with E-state index in [0.29, 0.717) is 6.54 Å². The van der Waals surface area contributed by atoms with Crippen molar-refractivity contribution in [3.8, 4) is 11.4 Å². The monoisotopic (exact) mass is 332 g/mol. The lowest BCUT2D eigenvalue weighted by Gasteiger charge is -2.04. The molecule has 0 fully saturated rings. The predicted molar refractivity (Wildman–Crippen MR) is 87.9 cm³/mol. The fourth-order valence-corrected chi connectivity index (χ4v) is 3.70. The van der Waals surface area contributed by atoms with E-state index in [1.165, 1.54) is 23.3 Å². The van der Waals surface area contributed by atoms with Crippen LogP contribution in [0.3, 0.4) is 0 Å². The van der Waals surface area contributed by atoms with Crippen LogP contribution in [0.1, 0.15) is 12.7 Å². The molecule has 0 aliphatic carbocycles. The first-order chi connectivity index (χ1) is 10.8. The van der Waals surface area contributed by atoms with Gasteiger partial charge in [-0.3, -0.25) is 0 Å². The average Bonchev–Trinajstić information content (AvgIpc) is 3.16. The Morgan fingerprint density at radius 2 is 2.05 bits per heavy atom. The van der Waals surface area contributed by atoms with Crippen LogP contribution in [0, 0.1) is 0 Å². The van der Waals surface area contributed by atoms with Gasteiger partial charge in [0.15, 0.2) is 15.3 Å². The lowest BCUT2D eigenvalue weighted by atomic mass is 10.2. The summed E-state index contributed by atoms with van der Waals surface area (Å²) in [5, 5.41) is 9.28. The average molecular weight is 332 g/mol. The van der Waals surface area contributed by atoms with Crippen molar-refractivity contribution in [1.29, 1.82) is 0 Å². The van der Waals surface area contributed by atoms with Crippen molar-refractivity contribution < 1.29 is 0 Å². The summed E-state index contributed by atoms with van der Waals surface area (Å²) in [7, 11) is 0. The van der Waals surface area contributed by atoms with Crippen molar-refractivity contribution in [3.63, 3.8) is 0 Å². The number of hydrogen-bond acceptors (Lipinski definition) is 7. The molecule has 0 amide bonds. The normalized spacial score (nSPS) is 11.0. The van der Waals surface area contributed by atoms with Crippen molar-refractivity contribution >= 4 is 23.3 Å². The SMILES string of the molecule is CCn1c(CCN)nnc1Sc1nc(-c2ccccc2)ns1. The largest absolute Gasteiger partial charge is 0.330 e. The molecule has 0 aliphatic rings. The molecule has 0 unspecified atom stereocenters. The zero-order chi connectivity index (χ0) is 15.4. The fourth-order valence-electron chi connectivity index (χ4n) is 2.06. The Hall–Kier alpha value is -1.77. The van der Waals surface area contributed by atoms with Crippen LogP contribution in [0.15, 0.2) is 39.8 Å². The van der Waals surface area contributed by atoms with Crippen LogP contribution in [0.5, 0.6) is 0 Å². The molecule has 22 heavy (non-hydrogen) atoms. The molecule has 0 aliphatic heterocycles. The number of nitrogens with zero attached hydrogens (tertiary/aromatic N) is 5. The van der Waals surface area contributed by atoms with Gasteiger partial charge in [0.05, 0.1) is 0 Å². The number of rotatable bonds is 6. The molecule has 0 saturated heterocycles. The molecule has 1 aromatic carbocycles. The molecule has 0 radical (unpaired) electrons. The molecule has 114 valence electrons. The maximum atomic E-state index is 5.61. The molecule has 8 heteroatoms. The second-order valence-corrected chi connectivity index (χ2v) is 6.50. The van der Waals surface area contributed by atoms with Crippen LogP contribution < -0.4 is 5.73 Å². The number of aromatic nitrogens is 5. The van der Waals surface area contributed by atoms with Crippen molar-refractivity contribution in [2.75, 3.05) is 6.54 Å². The van der Waals surface area contributed by atoms with Crippen LogP contribution in [0.4, 0.5) is 0 Å². The molecule has 3 aromatic rings. The molecule has 6 nitrogen and oxygen atoms in total. The molecule has 3 rings (SSSR count). The Labute approximate surface area is 137 Å². The summed E-state index contributed by atoms with van der Waals surface area (Å²) in [5.74, 6) is 1.66. The van der Waals surface area contributed by atoms with E-state index in [1.807, 2.05) is 30.3 Å². The van der Waals surface area contributed by atoms with E-state index in [2.05, 4.69) is 31.0 Å². The Morgan fingerprint density at radius 3 is 2.77 bits per heavy atom. The number of benzene rings is 1. The second-order valence-electron chi connectivity index (χ2n) is 4.53. The smallest absolute Gasteiger partial charge is 0.198 e. The quantitative estimate of drug-likeness (QED) is 0.746. The van der Waals surface area contributed by atoms with Gasteiger partial charge in [-0.1, -0.05) is 30.3 Å². The Bertz CT molecular complexity index is 737. The van der Waals surface area contributed by atoms with Crippen LogP contribution in [0.2, 0.25) is 0 Å². The van der Waals surface area contributed by atoms with E-state index in [-0.39, 0.29) is 0 Å². The van der Waals surface area contributed by atoms with Crippen LogP contribution in [-0.4, -0.2) is 30.7 Å². The first-order valence-electron chi connectivity index (χ1n) is 7.01. The van der Waals surface area contributed by atoms with Gasteiger partial charge in [-0.05, 0) is 36.8 Å². The van der Waals surface area contributed by atoms with E-state index in [4.69, 9.17) is 5.73 Å². The summed E-state index contributed by atoms with van der Waals surface area (Å²) in [6.07, 6.45) is 0.729. The first kappa shape index (κ1) is 15.1. The third-order valence-electron chi connectivity index (χ3n) is 3.10. The van der Waals surface area contributed by atoms with Gasteiger partial charge in [-0.25, -0.2) is 4.98 Å². The zero-order valence-corrected chi connectivity index (χ0v) is 13.8. The van der Waals surface area contributed by atoms with E-state index in [1.54, 1.807) is 0 Å². The minimum Gasteiger partial charge on any atom is -0.330 e. The summed E-state index contributed by atoms with van der Waals surface area (Å²) in [6, 6.07) is 9.95. The van der Waals surface area contributed by atoms with Crippen molar-refractivity contribution in [1.82, 2.24) is 24.1 Å². The van der Waals surface area contributed by atoms with Gasteiger partial charge in [0.25, 0.3) is 0 Å². The highest BCUT2D eigenvalue weighted by molar-refractivity contribution is 8.00. The van der Waals surface area contributed by atoms with E-state index in [0.717, 1.165) is 39.7 Å². The predicted octanol–water partition coefficient (Wildman–Crippen LogP) is 2.47. The minimum atomic E-state index is 0.569. The van der Waals surface area contributed by atoms with Gasteiger partial charge >= 0.3 is 0 Å². The topological polar surface area (TPSA) is 82.5 Å². The van der Waals surface area contributed by atoms with Gasteiger partial charge in [-0.2, -0.15) is 4.37 Å². The van der Waals surface area contributed by atoms with Gasteiger partial charge in [0.2, 0.25) is 0 Å². The molecule has 0 saturated carbocycles. The molecular weight excluding hydrogens is 316 g/mol. The summed E-state index contributed by atoms with van der Waals surface area (Å²) in [4.78, 5) is 4.57. The lowest BCUT2D eigenvalue weighted by molar-refractivity contribution is 0.640. The highest BCUT2D eigenvalue weighted by atomic mass is 32.2. The van der Waals surface area contributed by atoms with Crippen LogP contribution >= 0.6 is 23.3 Å².